The predicted octanol–water partition coefficient (Wildman–Crippen LogP) is 3.91. The van der Waals surface area contributed by atoms with Gasteiger partial charge in [-0.1, -0.05) is 12.1 Å². The Kier molecular flexibility index (Phi) is 4.97. The van der Waals surface area contributed by atoms with Crippen molar-refractivity contribution in [1.29, 1.82) is 0 Å². The minimum Gasteiger partial charge on any atom is -0.463 e. The summed E-state index contributed by atoms with van der Waals surface area (Å²) in [6, 6.07) is 12.9. The van der Waals surface area contributed by atoms with Gasteiger partial charge in [0.15, 0.2) is 11.4 Å². The number of nitrogens with one attached hydrogen (secondary N) is 1. The number of benzene rings is 1. The van der Waals surface area contributed by atoms with Crippen molar-refractivity contribution >= 4 is 28.5 Å². The summed E-state index contributed by atoms with van der Waals surface area (Å²) in [7, 11) is 1.80. The molecule has 4 aromatic rings. The zero-order chi connectivity index (χ0) is 22.2. The lowest BCUT2D eigenvalue weighted by Gasteiger charge is -2.16. The van der Waals surface area contributed by atoms with E-state index in [2.05, 4.69) is 15.4 Å². The number of carbonyl (C=O) groups excluding carboxylic acids is 2. The zero-order valence-corrected chi connectivity index (χ0v) is 18.0. The Bertz CT molecular complexity index is 1320. The summed E-state index contributed by atoms with van der Waals surface area (Å²) in [4.78, 5) is 31.8. The molecule has 32 heavy (non-hydrogen) atoms. The molecule has 162 valence electrons. The quantitative estimate of drug-likeness (QED) is 0.519. The first-order chi connectivity index (χ1) is 15.5. The molecule has 0 aliphatic carbocycles. The third kappa shape index (κ3) is 3.64. The molecule has 0 atom stereocenters. The van der Waals surface area contributed by atoms with E-state index < -0.39 is 0 Å². The summed E-state index contributed by atoms with van der Waals surface area (Å²) in [5.74, 6) is 0.504. The zero-order valence-electron chi connectivity index (χ0n) is 18.0. The highest BCUT2D eigenvalue weighted by molar-refractivity contribution is 6.13. The number of anilines is 1. The standard InChI is InChI=1S/C24H23N5O3/c1-15-22-18(13-19(20-8-5-11-32-20)26-23(22)28(2)27-15)24(31)25-17-7-3-6-16(12-17)14-29-10-4-9-21(29)30/h3,5-8,11-13H,4,9-10,14H2,1-2H3,(H,25,31). The van der Waals surface area contributed by atoms with Crippen molar-refractivity contribution in [1.82, 2.24) is 19.7 Å². The number of nitrogens with zero attached hydrogens (tertiary/aromatic N) is 4. The SMILES string of the molecule is Cc1nn(C)c2nc(-c3ccco3)cc(C(=O)Nc3cccc(CN4CCCC4=O)c3)c12. The highest BCUT2D eigenvalue weighted by Gasteiger charge is 2.22. The van der Waals surface area contributed by atoms with Gasteiger partial charge in [-0.15, -0.1) is 0 Å². The number of fused-ring (bicyclic) bond motifs is 1. The Morgan fingerprint density at radius 3 is 2.84 bits per heavy atom. The largest absolute Gasteiger partial charge is 0.463 e. The molecule has 1 saturated heterocycles. The molecule has 4 heterocycles. The maximum absolute atomic E-state index is 13.3. The molecule has 8 nitrogen and oxygen atoms in total. The fraction of sp³-hybridized carbons (Fsp3) is 0.250. The molecule has 0 spiro atoms. The summed E-state index contributed by atoms with van der Waals surface area (Å²) in [6.45, 7) is 3.19. The molecule has 0 radical (unpaired) electrons. The van der Waals surface area contributed by atoms with Crippen LogP contribution >= 0.6 is 0 Å². The first-order valence-corrected chi connectivity index (χ1v) is 10.6. The molecule has 0 bridgehead atoms. The van der Waals surface area contributed by atoms with Gasteiger partial charge >= 0.3 is 0 Å². The van der Waals surface area contributed by atoms with E-state index in [1.807, 2.05) is 42.2 Å². The number of carbonyl (C=O) groups is 2. The molecule has 1 aromatic carbocycles. The van der Waals surface area contributed by atoms with E-state index >= 15 is 0 Å². The summed E-state index contributed by atoms with van der Waals surface area (Å²) in [5.41, 5.74) is 4.04. The van der Waals surface area contributed by atoms with Crippen LogP contribution in [0.4, 0.5) is 5.69 Å². The molecule has 1 aliphatic heterocycles. The fourth-order valence-electron chi connectivity index (χ4n) is 4.21. The van der Waals surface area contributed by atoms with Crippen LogP contribution in [-0.4, -0.2) is 38.0 Å². The minimum atomic E-state index is -0.254. The van der Waals surface area contributed by atoms with Gasteiger partial charge in [0.2, 0.25) is 5.91 Å². The van der Waals surface area contributed by atoms with Gasteiger partial charge in [0.25, 0.3) is 5.91 Å². The first kappa shape index (κ1) is 20.0. The molecular weight excluding hydrogens is 406 g/mol. The van der Waals surface area contributed by atoms with Crippen molar-refractivity contribution in [3.8, 4) is 11.5 Å². The molecule has 1 fully saturated rings. The third-order valence-corrected chi connectivity index (χ3v) is 5.72. The lowest BCUT2D eigenvalue weighted by atomic mass is 10.1. The van der Waals surface area contributed by atoms with Crippen molar-refractivity contribution in [2.24, 2.45) is 7.05 Å². The minimum absolute atomic E-state index is 0.177. The highest BCUT2D eigenvalue weighted by atomic mass is 16.3. The van der Waals surface area contributed by atoms with Gasteiger partial charge in [-0.05, 0) is 49.2 Å². The Morgan fingerprint density at radius 2 is 2.09 bits per heavy atom. The Morgan fingerprint density at radius 1 is 1.22 bits per heavy atom. The van der Waals surface area contributed by atoms with Crippen LogP contribution in [0.5, 0.6) is 0 Å². The number of hydrogen-bond acceptors (Lipinski definition) is 5. The van der Waals surface area contributed by atoms with Crippen LogP contribution in [0.15, 0.2) is 53.1 Å². The normalized spacial score (nSPS) is 13.8. The molecule has 0 saturated carbocycles. The summed E-state index contributed by atoms with van der Waals surface area (Å²) >= 11 is 0. The van der Waals surface area contributed by atoms with E-state index in [1.54, 1.807) is 30.1 Å². The van der Waals surface area contributed by atoms with Gasteiger partial charge < -0.3 is 14.6 Å². The van der Waals surface area contributed by atoms with E-state index in [1.165, 1.54) is 0 Å². The van der Waals surface area contributed by atoms with E-state index in [0.717, 1.165) is 24.2 Å². The van der Waals surface area contributed by atoms with Crippen LogP contribution in [0, 0.1) is 6.92 Å². The molecular formula is C24H23N5O3. The lowest BCUT2D eigenvalue weighted by Crippen LogP contribution is -2.23. The number of hydrogen-bond donors (Lipinski definition) is 1. The molecule has 0 unspecified atom stereocenters. The van der Waals surface area contributed by atoms with E-state index in [0.29, 0.717) is 46.7 Å². The van der Waals surface area contributed by atoms with Crippen LogP contribution < -0.4 is 5.32 Å². The number of pyridine rings is 1. The van der Waals surface area contributed by atoms with Crippen molar-refractivity contribution in [2.45, 2.75) is 26.3 Å². The number of amides is 2. The Hall–Kier alpha value is -3.94. The number of furan rings is 1. The molecule has 1 N–H and O–H groups in total. The highest BCUT2D eigenvalue weighted by Crippen LogP contribution is 2.28. The topological polar surface area (TPSA) is 93.3 Å². The third-order valence-electron chi connectivity index (χ3n) is 5.72. The summed E-state index contributed by atoms with van der Waals surface area (Å²) < 4.78 is 7.17. The predicted molar refractivity (Wildman–Crippen MR) is 120 cm³/mol. The van der Waals surface area contributed by atoms with Crippen LogP contribution in [-0.2, 0) is 18.4 Å². The fourth-order valence-corrected chi connectivity index (χ4v) is 4.21. The average molecular weight is 429 g/mol. The maximum atomic E-state index is 13.3. The first-order valence-electron chi connectivity index (χ1n) is 10.6. The van der Waals surface area contributed by atoms with Gasteiger partial charge in [0.1, 0.15) is 5.69 Å². The van der Waals surface area contributed by atoms with E-state index in [-0.39, 0.29) is 11.8 Å². The monoisotopic (exact) mass is 429 g/mol. The van der Waals surface area contributed by atoms with Gasteiger partial charge in [0.05, 0.1) is 22.9 Å². The van der Waals surface area contributed by atoms with Crippen LogP contribution in [0.3, 0.4) is 0 Å². The smallest absolute Gasteiger partial charge is 0.256 e. The Labute approximate surface area is 184 Å². The van der Waals surface area contributed by atoms with Crippen molar-refractivity contribution < 1.29 is 14.0 Å². The summed E-state index contributed by atoms with van der Waals surface area (Å²) in [6.07, 6.45) is 3.08. The number of aryl methyl sites for hydroxylation is 2. The molecule has 1 aliphatic rings. The maximum Gasteiger partial charge on any atom is 0.256 e. The second-order valence-corrected chi connectivity index (χ2v) is 8.01. The lowest BCUT2D eigenvalue weighted by molar-refractivity contribution is -0.128. The number of likely N-dealkylation sites (tertiary alicyclic amines) is 1. The van der Waals surface area contributed by atoms with Crippen molar-refractivity contribution in [3.63, 3.8) is 0 Å². The van der Waals surface area contributed by atoms with Gasteiger partial charge in [-0.2, -0.15) is 5.10 Å². The molecule has 8 heteroatoms. The van der Waals surface area contributed by atoms with E-state index in [9.17, 15) is 9.59 Å². The van der Waals surface area contributed by atoms with Gasteiger partial charge in [-0.3, -0.25) is 14.3 Å². The molecule has 5 rings (SSSR count). The molecule has 3 aromatic heterocycles. The van der Waals surface area contributed by atoms with Gasteiger partial charge in [0, 0.05) is 32.2 Å². The second-order valence-electron chi connectivity index (χ2n) is 8.01. The Balaban J connectivity index is 1.47. The van der Waals surface area contributed by atoms with Crippen LogP contribution in [0.25, 0.3) is 22.5 Å². The van der Waals surface area contributed by atoms with Crippen LogP contribution in [0.2, 0.25) is 0 Å². The summed E-state index contributed by atoms with van der Waals surface area (Å²) in [5, 5.41) is 8.15. The van der Waals surface area contributed by atoms with Crippen molar-refractivity contribution in [3.05, 3.63) is 65.5 Å². The van der Waals surface area contributed by atoms with Crippen LogP contribution in [0.1, 0.15) is 34.5 Å². The van der Waals surface area contributed by atoms with Crippen molar-refractivity contribution in [2.75, 3.05) is 11.9 Å². The average Bonchev–Trinajstić information content (AvgIpc) is 3.51. The number of aromatic nitrogens is 3. The molecule has 2 amide bonds. The number of rotatable bonds is 5. The van der Waals surface area contributed by atoms with Gasteiger partial charge in [-0.25, -0.2) is 4.98 Å². The van der Waals surface area contributed by atoms with E-state index in [4.69, 9.17) is 4.42 Å². The second kappa shape index (κ2) is 7.96.